The van der Waals surface area contributed by atoms with Crippen molar-refractivity contribution >= 4 is 5.91 Å². The Labute approximate surface area is 130 Å². The number of nitrogens with one attached hydrogen (secondary N) is 1. The standard InChI is InChI=1S/C17H20N4O/c1-17(2,3)15(11-21-8-7-19-12-21)20-16(22)14-6-4-5-13(9-14)10-18/h4-9,12,15H,11H2,1-3H3,(H,20,22)/t15-/m1/s1. The highest BCUT2D eigenvalue weighted by molar-refractivity contribution is 5.94. The number of hydrogen-bond donors (Lipinski definition) is 1. The molecule has 0 radical (unpaired) electrons. The summed E-state index contributed by atoms with van der Waals surface area (Å²) in [4.78, 5) is 16.5. The highest BCUT2D eigenvalue weighted by atomic mass is 16.1. The molecule has 0 aliphatic rings. The summed E-state index contributed by atoms with van der Waals surface area (Å²) in [6, 6.07) is 8.71. The number of rotatable bonds is 4. The van der Waals surface area contributed by atoms with Crippen molar-refractivity contribution in [2.45, 2.75) is 33.4 Å². The second-order valence-corrected chi connectivity index (χ2v) is 6.34. The Bertz CT molecular complexity index is 677. The van der Waals surface area contributed by atoms with Crippen molar-refractivity contribution < 1.29 is 4.79 Å². The van der Waals surface area contributed by atoms with E-state index in [1.807, 2.05) is 16.8 Å². The van der Waals surface area contributed by atoms with Crippen molar-refractivity contribution in [2.24, 2.45) is 5.41 Å². The first-order chi connectivity index (χ1) is 10.4. The summed E-state index contributed by atoms with van der Waals surface area (Å²) in [5.74, 6) is -0.169. The third kappa shape index (κ3) is 3.95. The molecule has 0 spiro atoms. The summed E-state index contributed by atoms with van der Waals surface area (Å²) in [5.41, 5.74) is 0.876. The van der Waals surface area contributed by atoms with Crippen LogP contribution in [0.3, 0.4) is 0 Å². The maximum absolute atomic E-state index is 12.5. The van der Waals surface area contributed by atoms with E-state index in [9.17, 15) is 4.79 Å². The molecule has 0 fully saturated rings. The van der Waals surface area contributed by atoms with Crippen LogP contribution in [0.4, 0.5) is 0 Å². The number of hydrogen-bond acceptors (Lipinski definition) is 3. The molecule has 2 aromatic rings. The first kappa shape index (κ1) is 15.8. The normalized spacial score (nSPS) is 12.5. The molecule has 22 heavy (non-hydrogen) atoms. The van der Waals surface area contributed by atoms with Crippen molar-refractivity contribution in [1.82, 2.24) is 14.9 Å². The Kier molecular flexibility index (Phi) is 4.62. The van der Waals surface area contributed by atoms with E-state index >= 15 is 0 Å². The lowest BCUT2D eigenvalue weighted by atomic mass is 9.86. The van der Waals surface area contributed by atoms with Gasteiger partial charge in [0.05, 0.1) is 24.0 Å². The molecule has 1 atom stereocenters. The Morgan fingerprint density at radius 1 is 1.45 bits per heavy atom. The summed E-state index contributed by atoms with van der Waals surface area (Å²) in [7, 11) is 0. The Balaban J connectivity index is 2.16. The van der Waals surface area contributed by atoms with Gasteiger partial charge in [0.2, 0.25) is 0 Å². The van der Waals surface area contributed by atoms with E-state index in [2.05, 4.69) is 31.1 Å². The van der Waals surface area contributed by atoms with Crippen molar-refractivity contribution in [3.05, 3.63) is 54.1 Å². The molecule has 2 rings (SSSR count). The number of aromatic nitrogens is 2. The van der Waals surface area contributed by atoms with Gasteiger partial charge in [0.15, 0.2) is 0 Å². The highest BCUT2D eigenvalue weighted by Gasteiger charge is 2.27. The van der Waals surface area contributed by atoms with E-state index in [0.29, 0.717) is 17.7 Å². The smallest absolute Gasteiger partial charge is 0.251 e. The second kappa shape index (κ2) is 6.44. The van der Waals surface area contributed by atoms with E-state index in [-0.39, 0.29) is 17.4 Å². The van der Waals surface area contributed by atoms with Gasteiger partial charge >= 0.3 is 0 Å². The zero-order valence-corrected chi connectivity index (χ0v) is 13.1. The summed E-state index contributed by atoms with van der Waals surface area (Å²) >= 11 is 0. The van der Waals surface area contributed by atoms with Gasteiger partial charge < -0.3 is 9.88 Å². The van der Waals surface area contributed by atoms with E-state index in [4.69, 9.17) is 5.26 Å². The number of carbonyl (C=O) groups excluding carboxylic acids is 1. The number of imidazole rings is 1. The Morgan fingerprint density at radius 3 is 2.82 bits per heavy atom. The number of carbonyl (C=O) groups is 1. The van der Waals surface area contributed by atoms with Crippen LogP contribution in [0.5, 0.6) is 0 Å². The molecule has 1 aromatic heterocycles. The van der Waals surface area contributed by atoms with Gasteiger partial charge in [-0.2, -0.15) is 5.26 Å². The Morgan fingerprint density at radius 2 is 2.23 bits per heavy atom. The van der Waals surface area contributed by atoms with Crippen molar-refractivity contribution in [1.29, 1.82) is 5.26 Å². The summed E-state index contributed by atoms with van der Waals surface area (Å²) < 4.78 is 1.95. The maximum Gasteiger partial charge on any atom is 0.251 e. The van der Waals surface area contributed by atoms with Gasteiger partial charge in [-0.25, -0.2) is 4.98 Å². The van der Waals surface area contributed by atoms with Crippen LogP contribution in [0, 0.1) is 16.7 Å². The first-order valence-corrected chi connectivity index (χ1v) is 7.17. The molecule has 0 saturated carbocycles. The van der Waals surface area contributed by atoms with Gasteiger partial charge in [0, 0.05) is 24.5 Å². The van der Waals surface area contributed by atoms with Crippen molar-refractivity contribution in [3.8, 4) is 6.07 Å². The minimum Gasteiger partial charge on any atom is -0.347 e. The predicted octanol–water partition coefficient (Wildman–Crippen LogP) is 2.60. The average Bonchev–Trinajstić information content (AvgIpc) is 2.98. The zero-order chi connectivity index (χ0) is 16.2. The number of amides is 1. The third-order valence-corrected chi connectivity index (χ3v) is 3.56. The largest absolute Gasteiger partial charge is 0.347 e. The van der Waals surface area contributed by atoms with Gasteiger partial charge in [-0.3, -0.25) is 4.79 Å². The molecule has 114 valence electrons. The summed E-state index contributed by atoms with van der Waals surface area (Å²) in [6.07, 6.45) is 5.33. The average molecular weight is 296 g/mol. The quantitative estimate of drug-likeness (QED) is 0.942. The van der Waals surface area contributed by atoms with E-state index in [1.54, 1.807) is 36.8 Å². The van der Waals surface area contributed by atoms with E-state index < -0.39 is 0 Å². The molecule has 5 nitrogen and oxygen atoms in total. The lowest BCUT2D eigenvalue weighted by Gasteiger charge is -2.31. The van der Waals surface area contributed by atoms with Crippen LogP contribution in [0.1, 0.15) is 36.7 Å². The van der Waals surface area contributed by atoms with Crippen molar-refractivity contribution in [3.63, 3.8) is 0 Å². The molecule has 1 amide bonds. The van der Waals surface area contributed by atoms with Crippen LogP contribution in [0.25, 0.3) is 0 Å². The minimum absolute atomic E-state index is 0.0556. The zero-order valence-electron chi connectivity index (χ0n) is 13.1. The fourth-order valence-corrected chi connectivity index (χ4v) is 2.11. The van der Waals surface area contributed by atoms with Crippen LogP contribution in [0.2, 0.25) is 0 Å². The molecular formula is C17H20N4O. The fraction of sp³-hybridized carbons (Fsp3) is 0.353. The van der Waals surface area contributed by atoms with Crippen LogP contribution in [0.15, 0.2) is 43.0 Å². The first-order valence-electron chi connectivity index (χ1n) is 7.17. The highest BCUT2D eigenvalue weighted by Crippen LogP contribution is 2.21. The molecule has 1 aromatic carbocycles. The molecular weight excluding hydrogens is 276 g/mol. The Hall–Kier alpha value is -2.61. The van der Waals surface area contributed by atoms with Gasteiger partial charge in [-0.15, -0.1) is 0 Å². The van der Waals surface area contributed by atoms with E-state index in [1.165, 1.54) is 0 Å². The topological polar surface area (TPSA) is 70.7 Å². The lowest BCUT2D eigenvalue weighted by molar-refractivity contribution is 0.0892. The summed E-state index contributed by atoms with van der Waals surface area (Å²) in [5, 5.41) is 12.0. The summed E-state index contributed by atoms with van der Waals surface area (Å²) in [6.45, 7) is 6.90. The molecule has 0 bridgehead atoms. The molecule has 0 unspecified atom stereocenters. The third-order valence-electron chi connectivity index (χ3n) is 3.56. The van der Waals surface area contributed by atoms with Crippen LogP contribution in [-0.2, 0) is 6.54 Å². The maximum atomic E-state index is 12.5. The minimum atomic E-state index is -0.169. The number of nitriles is 1. The number of nitrogens with zero attached hydrogens (tertiary/aromatic N) is 3. The molecule has 1 N–H and O–H groups in total. The molecule has 0 saturated heterocycles. The molecule has 1 heterocycles. The second-order valence-electron chi connectivity index (χ2n) is 6.34. The van der Waals surface area contributed by atoms with Gasteiger partial charge in [-0.1, -0.05) is 26.8 Å². The number of benzene rings is 1. The lowest BCUT2D eigenvalue weighted by Crippen LogP contribution is -2.46. The van der Waals surface area contributed by atoms with Gasteiger partial charge in [0.25, 0.3) is 5.91 Å². The molecule has 5 heteroatoms. The van der Waals surface area contributed by atoms with Crippen LogP contribution in [-0.4, -0.2) is 21.5 Å². The predicted molar refractivity (Wildman–Crippen MR) is 84.1 cm³/mol. The van der Waals surface area contributed by atoms with Gasteiger partial charge in [-0.05, 0) is 23.6 Å². The van der Waals surface area contributed by atoms with Gasteiger partial charge in [0.1, 0.15) is 0 Å². The molecule has 0 aliphatic heterocycles. The van der Waals surface area contributed by atoms with Crippen LogP contribution < -0.4 is 5.32 Å². The molecule has 0 aliphatic carbocycles. The fourth-order valence-electron chi connectivity index (χ4n) is 2.11. The van der Waals surface area contributed by atoms with E-state index in [0.717, 1.165) is 0 Å². The SMILES string of the molecule is CC(C)(C)[C@@H](Cn1ccnc1)NC(=O)c1cccc(C#N)c1. The van der Waals surface area contributed by atoms with Crippen LogP contribution >= 0.6 is 0 Å². The van der Waals surface area contributed by atoms with Crippen molar-refractivity contribution in [2.75, 3.05) is 0 Å². The monoisotopic (exact) mass is 296 g/mol.